The van der Waals surface area contributed by atoms with Crippen LogP contribution in [0.4, 0.5) is 4.39 Å². The molecule has 24 heavy (non-hydrogen) atoms. The van der Waals surface area contributed by atoms with Crippen LogP contribution in [0.15, 0.2) is 54.6 Å². The lowest BCUT2D eigenvalue weighted by atomic mass is 10.1. The van der Waals surface area contributed by atoms with E-state index in [2.05, 4.69) is 15.5 Å². The zero-order chi connectivity index (χ0) is 16.9. The minimum Gasteiger partial charge on any atom is -0.497 e. The molecule has 0 aliphatic rings. The molecule has 3 rings (SSSR count). The van der Waals surface area contributed by atoms with Crippen LogP contribution in [-0.4, -0.2) is 23.2 Å². The van der Waals surface area contributed by atoms with Crippen molar-refractivity contribution in [2.75, 3.05) is 7.11 Å². The second kappa shape index (κ2) is 6.95. The maximum atomic E-state index is 12.9. The molecule has 1 aromatic heterocycles. The quantitative estimate of drug-likeness (QED) is 0.757. The van der Waals surface area contributed by atoms with Crippen LogP contribution in [-0.2, 0) is 6.54 Å². The van der Waals surface area contributed by atoms with Crippen LogP contribution in [0.25, 0.3) is 11.3 Å². The molecule has 0 saturated heterocycles. The standard InChI is InChI=1S/C18H16FN3O2/c1-24-15-8-2-12(3-9-15)11-20-18(23)17-10-16(21-22-17)13-4-6-14(19)7-5-13/h2-10H,11H2,1H3,(H,20,23)(H,21,22). The van der Waals surface area contributed by atoms with Crippen molar-refractivity contribution in [3.05, 3.63) is 71.7 Å². The highest BCUT2D eigenvalue weighted by Gasteiger charge is 2.11. The molecule has 122 valence electrons. The summed E-state index contributed by atoms with van der Waals surface area (Å²) < 4.78 is 18.0. The lowest BCUT2D eigenvalue weighted by Gasteiger charge is -2.05. The van der Waals surface area contributed by atoms with Gasteiger partial charge in [0.25, 0.3) is 5.91 Å². The Labute approximate surface area is 138 Å². The monoisotopic (exact) mass is 325 g/mol. The van der Waals surface area contributed by atoms with E-state index in [1.54, 1.807) is 25.3 Å². The Hall–Kier alpha value is -3.15. The van der Waals surface area contributed by atoms with E-state index in [1.807, 2.05) is 24.3 Å². The van der Waals surface area contributed by atoms with Gasteiger partial charge in [-0.25, -0.2) is 4.39 Å². The maximum absolute atomic E-state index is 12.9. The number of aromatic nitrogens is 2. The molecular formula is C18H16FN3O2. The number of nitrogens with one attached hydrogen (secondary N) is 2. The van der Waals surface area contributed by atoms with Crippen molar-refractivity contribution in [3.63, 3.8) is 0 Å². The van der Waals surface area contributed by atoms with Crippen LogP contribution in [0.5, 0.6) is 5.75 Å². The number of hydrogen-bond donors (Lipinski definition) is 2. The molecule has 0 radical (unpaired) electrons. The molecule has 0 fully saturated rings. The topological polar surface area (TPSA) is 67.0 Å². The van der Waals surface area contributed by atoms with Crippen LogP contribution in [0.1, 0.15) is 16.1 Å². The molecule has 1 amide bonds. The number of carbonyl (C=O) groups excluding carboxylic acids is 1. The summed E-state index contributed by atoms with van der Waals surface area (Å²) in [6.07, 6.45) is 0. The largest absolute Gasteiger partial charge is 0.497 e. The molecular weight excluding hydrogens is 309 g/mol. The van der Waals surface area contributed by atoms with Crippen LogP contribution in [0.2, 0.25) is 0 Å². The molecule has 2 aromatic carbocycles. The third-order valence-corrected chi connectivity index (χ3v) is 3.57. The Bertz CT molecular complexity index is 826. The van der Waals surface area contributed by atoms with Crippen LogP contribution < -0.4 is 10.1 Å². The van der Waals surface area contributed by atoms with Crippen LogP contribution >= 0.6 is 0 Å². The number of rotatable bonds is 5. The molecule has 0 spiro atoms. The number of nitrogens with zero attached hydrogens (tertiary/aromatic N) is 1. The van der Waals surface area contributed by atoms with E-state index in [1.165, 1.54) is 12.1 Å². The minimum atomic E-state index is -0.313. The average molecular weight is 325 g/mol. The molecule has 0 bridgehead atoms. The molecule has 0 aliphatic carbocycles. The molecule has 0 saturated carbocycles. The van der Waals surface area contributed by atoms with Gasteiger partial charge in [0.2, 0.25) is 0 Å². The van der Waals surface area contributed by atoms with Crippen molar-refractivity contribution in [1.29, 1.82) is 0 Å². The van der Waals surface area contributed by atoms with Gasteiger partial charge in [0, 0.05) is 12.1 Å². The number of ether oxygens (including phenoxy) is 1. The van der Waals surface area contributed by atoms with E-state index in [9.17, 15) is 9.18 Å². The summed E-state index contributed by atoms with van der Waals surface area (Å²) in [7, 11) is 1.60. The van der Waals surface area contributed by atoms with Crippen LogP contribution in [0, 0.1) is 5.82 Å². The molecule has 0 unspecified atom stereocenters. The van der Waals surface area contributed by atoms with Crippen molar-refractivity contribution >= 4 is 5.91 Å². The predicted molar refractivity (Wildman–Crippen MR) is 88.1 cm³/mol. The van der Waals surface area contributed by atoms with Crippen LogP contribution in [0.3, 0.4) is 0 Å². The van der Waals surface area contributed by atoms with Gasteiger partial charge in [0.05, 0.1) is 12.8 Å². The van der Waals surface area contributed by atoms with Gasteiger partial charge < -0.3 is 10.1 Å². The second-order valence-electron chi connectivity index (χ2n) is 5.20. The summed E-state index contributed by atoms with van der Waals surface area (Å²) in [5, 5.41) is 9.60. The number of hydrogen-bond acceptors (Lipinski definition) is 3. The van der Waals surface area contributed by atoms with Gasteiger partial charge in [-0.05, 0) is 48.0 Å². The summed E-state index contributed by atoms with van der Waals surface area (Å²) in [6.45, 7) is 0.397. The van der Waals surface area contributed by atoms with Gasteiger partial charge in [-0.3, -0.25) is 9.89 Å². The van der Waals surface area contributed by atoms with E-state index in [4.69, 9.17) is 4.74 Å². The van der Waals surface area contributed by atoms with Gasteiger partial charge in [0.1, 0.15) is 17.3 Å². The summed E-state index contributed by atoms with van der Waals surface area (Å²) in [5.41, 5.74) is 2.64. The normalized spacial score (nSPS) is 10.4. The zero-order valence-corrected chi connectivity index (χ0v) is 13.0. The molecule has 0 aliphatic heterocycles. The first-order chi connectivity index (χ1) is 11.7. The van der Waals surface area contributed by atoms with Gasteiger partial charge in [-0.2, -0.15) is 5.10 Å². The first-order valence-electron chi connectivity index (χ1n) is 7.38. The summed E-state index contributed by atoms with van der Waals surface area (Å²) in [4.78, 5) is 12.2. The number of halogens is 1. The first-order valence-corrected chi connectivity index (χ1v) is 7.38. The highest BCUT2D eigenvalue weighted by molar-refractivity contribution is 5.93. The fourth-order valence-corrected chi connectivity index (χ4v) is 2.23. The van der Waals surface area contributed by atoms with Crippen molar-refractivity contribution in [2.45, 2.75) is 6.54 Å². The molecule has 3 aromatic rings. The van der Waals surface area contributed by atoms with Gasteiger partial charge in [0.15, 0.2) is 0 Å². The summed E-state index contributed by atoms with van der Waals surface area (Å²) in [6, 6.07) is 15.0. The Morgan fingerprint density at radius 3 is 2.54 bits per heavy atom. The van der Waals surface area contributed by atoms with E-state index in [-0.39, 0.29) is 11.7 Å². The van der Waals surface area contributed by atoms with Gasteiger partial charge in [-0.15, -0.1) is 0 Å². The summed E-state index contributed by atoms with van der Waals surface area (Å²) in [5.74, 6) is 0.195. The SMILES string of the molecule is COc1ccc(CNC(=O)c2cc(-c3ccc(F)cc3)n[nH]2)cc1. The highest BCUT2D eigenvalue weighted by atomic mass is 19.1. The molecule has 5 nitrogen and oxygen atoms in total. The van der Waals surface area contributed by atoms with E-state index in [0.717, 1.165) is 16.9 Å². The van der Waals surface area contributed by atoms with Crippen molar-refractivity contribution in [1.82, 2.24) is 15.5 Å². The van der Waals surface area contributed by atoms with Crippen molar-refractivity contribution in [3.8, 4) is 17.0 Å². The lowest BCUT2D eigenvalue weighted by molar-refractivity contribution is 0.0946. The Kier molecular flexibility index (Phi) is 4.56. The molecule has 2 N–H and O–H groups in total. The van der Waals surface area contributed by atoms with Crippen molar-refractivity contribution < 1.29 is 13.9 Å². The lowest BCUT2D eigenvalue weighted by Crippen LogP contribution is -2.23. The van der Waals surface area contributed by atoms with Crippen molar-refractivity contribution in [2.24, 2.45) is 0 Å². The Morgan fingerprint density at radius 2 is 1.88 bits per heavy atom. The average Bonchev–Trinajstić information content (AvgIpc) is 3.11. The summed E-state index contributed by atoms with van der Waals surface area (Å²) >= 11 is 0. The zero-order valence-electron chi connectivity index (χ0n) is 13.0. The Balaban J connectivity index is 1.64. The second-order valence-corrected chi connectivity index (χ2v) is 5.20. The number of amides is 1. The minimum absolute atomic E-state index is 0.258. The fraction of sp³-hybridized carbons (Fsp3) is 0.111. The number of methoxy groups -OCH3 is 1. The fourth-order valence-electron chi connectivity index (χ4n) is 2.23. The van der Waals surface area contributed by atoms with E-state index < -0.39 is 0 Å². The van der Waals surface area contributed by atoms with E-state index in [0.29, 0.717) is 17.9 Å². The number of aromatic amines is 1. The Morgan fingerprint density at radius 1 is 1.17 bits per heavy atom. The molecule has 6 heteroatoms. The van der Waals surface area contributed by atoms with Gasteiger partial charge >= 0.3 is 0 Å². The smallest absolute Gasteiger partial charge is 0.269 e. The third-order valence-electron chi connectivity index (χ3n) is 3.57. The number of benzene rings is 2. The highest BCUT2D eigenvalue weighted by Crippen LogP contribution is 2.18. The predicted octanol–water partition coefficient (Wildman–Crippen LogP) is 3.15. The maximum Gasteiger partial charge on any atom is 0.269 e. The molecule has 1 heterocycles. The number of carbonyl (C=O) groups is 1. The molecule has 0 atom stereocenters. The van der Waals surface area contributed by atoms with E-state index >= 15 is 0 Å². The van der Waals surface area contributed by atoms with Gasteiger partial charge in [-0.1, -0.05) is 12.1 Å². The number of H-pyrrole nitrogens is 1. The third kappa shape index (κ3) is 3.60. The first kappa shape index (κ1) is 15.7.